The van der Waals surface area contributed by atoms with Crippen molar-refractivity contribution in [2.24, 2.45) is 0 Å². The molecule has 0 atom stereocenters. The average molecular weight is 355 g/mol. The Balaban J connectivity index is 2.48. The molecular weight excluding hydrogens is 328 g/mol. The molecule has 0 radical (unpaired) electrons. The van der Waals surface area contributed by atoms with E-state index in [-0.39, 0.29) is 5.12 Å². The van der Waals surface area contributed by atoms with Crippen molar-refractivity contribution in [3.63, 3.8) is 0 Å². The molecule has 0 unspecified atom stereocenters. The summed E-state index contributed by atoms with van der Waals surface area (Å²) in [5.41, 5.74) is 1.02. The molecule has 1 aromatic rings. The lowest BCUT2D eigenvalue weighted by molar-refractivity contribution is -0.106. The zero-order chi connectivity index (χ0) is 17.0. The van der Waals surface area contributed by atoms with Gasteiger partial charge in [0.25, 0.3) is 0 Å². The fourth-order valence-electron chi connectivity index (χ4n) is 2.05. The molecule has 0 spiro atoms. The third-order valence-electron chi connectivity index (χ3n) is 2.96. The standard InChI is InChI=1S/C17H26O4SSi/c1-4-19-23(20-5-2,21-6-3)15-14-22-17(18)13-12-16-10-8-7-9-11-16/h7-13H,4-6,14-15H2,1-3H3. The van der Waals surface area contributed by atoms with E-state index in [2.05, 4.69) is 0 Å². The van der Waals surface area contributed by atoms with Gasteiger partial charge in [-0.1, -0.05) is 48.2 Å². The first-order valence-corrected chi connectivity index (χ1v) is 10.9. The van der Waals surface area contributed by atoms with Crippen LogP contribution in [0.1, 0.15) is 26.3 Å². The van der Waals surface area contributed by atoms with Crippen LogP contribution in [0.4, 0.5) is 0 Å². The highest BCUT2D eigenvalue weighted by Gasteiger charge is 2.39. The van der Waals surface area contributed by atoms with Gasteiger partial charge in [-0.3, -0.25) is 4.79 Å². The molecular formula is C17H26O4SSi. The van der Waals surface area contributed by atoms with Gasteiger partial charge in [-0.2, -0.15) is 0 Å². The Morgan fingerprint density at radius 1 is 1.04 bits per heavy atom. The van der Waals surface area contributed by atoms with Crippen LogP contribution in [0.5, 0.6) is 0 Å². The summed E-state index contributed by atoms with van der Waals surface area (Å²) in [4.78, 5) is 11.9. The molecule has 6 heteroatoms. The molecule has 0 N–H and O–H groups in total. The lowest BCUT2D eigenvalue weighted by Crippen LogP contribution is -2.46. The summed E-state index contributed by atoms with van der Waals surface area (Å²) in [7, 11) is -2.65. The van der Waals surface area contributed by atoms with Crippen LogP contribution in [0.25, 0.3) is 6.08 Å². The van der Waals surface area contributed by atoms with E-state index < -0.39 is 8.80 Å². The summed E-state index contributed by atoms with van der Waals surface area (Å²) in [6, 6.07) is 10.4. The van der Waals surface area contributed by atoms with Crippen LogP contribution in [-0.2, 0) is 18.1 Å². The number of hydrogen-bond acceptors (Lipinski definition) is 5. The Morgan fingerprint density at radius 2 is 1.61 bits per heavy atom. The molecule has 128 valence electrons. The number of thioether (sulfide) groups is 1. The quantitative estimate of drug-likeness (QED) is 0.444. The highest BCUT2D eigenvalue weighted by atomic mass is 32.2. The van der Waals surface area contributed by atoms with Crippen molar-refractivity contribution >= 4 is 31.8 Å². The zero-order valence-electron chi connectivity index (χ0n) is 14.1. The normalized spacial score (nSPS) is 12.0. The molecule has 4 nitrogen and oxygen atoms in total. The van der Waals surface area contributed by atoms with Crippen LogP contribution in [0.3, 0.4) is 0 Å². The van der Waals surface area contributed by atoms with Gasteiger partial charge in [-0.15, -0.1) is 0 Å². The highest BCUT2D eigenvalue weighted by molar-refractivity contribution is 8.14. The van der Waals surface area contributed by atoms with Crippen molar-refractivity contribution in [2.75, 3.05) is 25.6 Å². The molecule has 0 fully saturated rings. The minimum Gasteiger partial charge on any atom is -0.374 e. The second-order valence-corrected chi connectivity index (χ2v) is 8.47. The summed E-state index contributed by atoms with van der Waals surface area (Å²) < 4.78 is 17.3. The van der Waals surface area contributed by atoms with Crippen molar-refractivity contribution in [1.82, 2.24) is 0 Å². The molecule has 0 heterocycles. The number of carbonyl (C=O) groups excluding carboxylic acids is 1. The summed E-state index contributed by atoms with van der Waals surface area (Å²) in [6.45, 7) is 7.46. The molecule has 1 aromatic carbocycles. The van der Waals surface area contributed by atoms with Gasteiger partial charge in [-0.25, -0.2) is 0 Å². The molecule has 0 aliphatic carbocycles. The summed E-state index contributed by atoms with van der Waals surface area (Å²) >= 11 is 1.27. The second kappa shape index (κ2) is 11.6. The Hall–Kier alpha value is -0.923. The van der Waals surface area contributed by atoms with Crippen LogP contribution in [0, 0.1) is 0 Å². The number of hydrogen-bond donors (Lipinski definition) is 0. The van der Waals surface area contributed by atoms with Crippen LogP contribution < -0.4 is 0 Å². The zero-order valence-corrected chi connectivity index (χ0v) is 15.9. The van der Waals surface area contributed by atoms with E-state index in [1.165, 1.54) is 11.8 Å². The molecule has 0 bridgehead atoms. The minimum atomic E-state index is -2.65. The van der Waals surface area contributed by atoms with E-state index in [4.69, 9.17) is 13.3 Å². The fourth-order valence-corrected chi connectivity index (χ4v) is 5.83. The van der Waals surface area contributed by atoms with Crippen molar-refractivity contribution in [3.8, 4) is 0 Å². The number of benzene rings is 1. The monoisotopic (exact) mass is 354 g/mol. The van der Waals surface area contributed by atoms with Crippen molar-refractivity contribution < 1.29 is 18.1 Å². The molecule has 0 saturated carbocycles. The topological polar surface area (TPSA) is 44.8 Å². The van der Waals surface area contributed by atoms with Gasteiger partial charge in [-0.05, 0) is 32.4 Å². The van der Waals surface area contributed by atoms with E-state index in [0.29, 0.717) is 31.6 Å². The van der Waals surface area contributed by atoms with E-state index >= 15 is 0 Å². The van der Waals surface area contributed by atoms with E-state index in [1.54, 1.807) is 6.08 Å². The minimum absolute atomic E-state index is 0.0289. The molecule has 0 aromatic heterocycles. The van der Waals surface area contributed by atoms with Gasteiger partial charge in [0, 0.05) is 31.6 Å². The van der Waals surface area contributed by atoms with E-state index in [1.807, 2.05) is 57.2 Å². The van der Waals surface area contributed by atoms with Gasteiger partial charge in [0.15, 0.2) is 0 Å². The third kappa shape index (κ3) is 7.94. The van der Waals surface area contributed by atoms with Crippen LogP contribution in [0.15, 0.2) is 36.4 Å². The molecule has 0 aliphatic heterocycles. The summed E-state index contributed by atoms with van der Waals surface area (Å²) in [5.74, 6) is 0.629. The fraction of sp³-hybridized carbons (Fsp3) is 0.471. The van der Waals surface area contributed by atoms with E-state index in [0.717, 1.165) is 5.56 Å². The molecule has 0 saturated heterocycles. The molecule has 0 aliphatic rings. The average Bonchev–Trinajstić information content (AvgIpc) is 2.55. The van der Waals surface area contributed by atoms with Crippen LogP contribution in [-0.4, -0.2) is 39.5 Å². The lowest BCUT2D eigenvalue weighted by Gasteiger charge is -2.28. The Bertz CT molecular complexity index is 462. The Kier molecular flexibility index (Phi) is 10.1. The van der Waals surface area contributed by atoms with Gasteiger partial charge in [0.2, 0.25) is 5.12 Å². The van der Waals surface area contributed by atoms with Crippen molar-refractivity contribution in [1.29, 1.82) is 0 Å². The first-order valence-electron chi connectivity index (χ1n) is 7.97. The first-order chi connectivity index (χ1) is 11.2. The maximum atomic E-state index is 11.9. The maximum Gasteiger partial charge on any atom is 0.501 e. The first kappa shape index (κ1) is 20.1. The van der Waals surface area contributed by atoms with Gasteiger partial charge in [0.1, 0.15) is 0 Å². The van der Waals surface area contributed by atoms with Gasteiger partial charge in [0.05, 0.1) is 0 Å². The van der Waals surface area contributed by atoms with Gasteiger partial charge >= 0.3 is 8.80 Å². The smallest absolute Gasteiger partial charge is 0.374 e. The molecule has 1 rings (SSSR count). The summed E-state index contributed by atoms with van der Waals surface area (Å²) in [5, 5.41) is 0.0289. The van der Waals surface area contributed by atoms with Crippen molar-refractivity contribution in [2.45, 2.75) is 26.8 Å². The number of rotatable bonds is 11. The van der Waals surface area contributed by atoms with Gasteiger partial charge < -0.3 is 13.3 Å². The lowest BCUT2D eigenvalue weighted by atomic mass is 10.2. The maximum absolute atomic E-state index is 11.9. The Morgan fingerprint density at radius 3 is 2.13 bits per heavy atom. The number of carbonyl (C=O) groups is 1. The summed E-state index contributed by atoms with van der Waals surface area (Å²) in [6.07, 6.45) is 3.43. The van der Waals surface area contributed by atoms with E-state index in [9.17, 15) is 4.79 Å². The third-order valence-corrected chi connectivity index (χ3v) is 7.20. The largest absolute Gasteiger partial charge is 0.501 e. The predicted octanol–water partition coefficient (Wildman–Crippen LogP) is 4.01. The highest BCUT2D eigenvalue weighted by Crippen LogP contribution is 2.20. The Labute approximate surface area is 144 Å². The molecule has 0 amide bonds. The SMILES string of the molecule is CCO[Si](CCSC(=O)C=Cc1ccccc1)(OCC)OCC. The van der Waals surface area contributed by atoms with Crippen molar-refractivity contribution in [3.05, 3.63) is 42.0 Å². The predicted molar refractivity (Wildman–Crippen MR) is 98.4 cm³/mol. The van der Waals surface area contributed by atoms with Crippen LogP contribution in [0.2, 0.25) is 6.04 Å². The van der Waals surface area contributed by atoms with Crippen LogP contribution >= 0.6 is 11.8 Å². The molecule has 23 heavy (non-hydrogen) atoms. The second-order valence-electron chi connectivity index (χ2n) is 4.64.